The fourth-order valence-corrected chi connectivity index (χ4v) is 2.20. The van der Waals surface area contributed by atoms with Crippen molar-refractivity contribution in [2.24, 2.45) is 0 Å². The second-order valence-corrected chi connectivity index (χ2v) is 4.47. The second kappa shape index (κ2) is 3.80. The van der Waals surface area contributed by atoms with Crippen LogP contribution in [0.4, 0.5) is 0 Å². The minimum absolute atomic E-state index is 0.181. The van der Waals surface area contributed by atoms with Crippen LogP contribution in [0, 0.1) is 0 Å². The van der Waals surface area contributed by atoms with Gasteiger partial charge in [0.2, 0.25) is 0 Å². The summed E-state index contributed by atoms with van der Waals surface area (Å²) in [5, 5.41) is 14.0. The van der Waals surface area contributed by atoms with Gasteiger partial charge in [0.25, 0.3) is 0 Å². The molecule has 72 valence electrons. The molecule has 1 N–H and O–H groups in total. The molecule has 1 saturated carbocycles. The molecule has 0 radical (unpaired) electrons. The molecule has 2 atom stereocenters. The van der Waals surface area contributed by atoms with E-state index in [1.807, 2.05) is 10.9 Å². The molecular weight excluding hydrogens is 232 g/mol. The Morgan fingerprint density at radius 3 is 2.85 bits per heavy atom. The van der Waals surface area contributed by atoms with E-state index in [1.165, 1.54) is 6.42 Å². The van der Waals surface area contributed by atoms with Gasteiger partial charge in [-0.15, -0.1) is 0 Å². The molecule has 1 fully saturated rings. The van der Waals surface area contributed by atoms with Gasteiger partial charge in [-0.25, -0.2) is 0 Å². The Morgan fingerprint density at radius 1 is 1.46 bits per heavy atom. The minimum atomic E-state index is -0.222. The number of aliphatic hydroxyl groups is 1. The third kappa shape index (κ3) is 1.94. The molecule has 1 aromatic heterocycles. The normalized spacial score (nSPS) is 29.1. The van der Waals surface area contributed by atoms with Crippen molar-refractivity contribution < 1.29 is 5.11 Å². The predicted octanol–water partition coefficient (Wildman–Crippen LogP) is 2.12. The lowest BCUT2D eigenvalue weighted by Gasteiger charge is -2.27. The Labute approximate surface area is 85.9 Å². The zero-order valence-electron chi connectivity index (χ0n) is 7.36. The molecule has 0 spiro atoms. The molecule has 0 saturated heterocycles. The molecule has 0 bridgehead atoms. The molecule has 1 aliphatic rings. The maximum atomic E-state index is 9.76. The average Bonchev–Trinajstić information content (AvgIpc) is 2.53. The van der Waals surface area contributed by atoms with Crippen molar-refractivity contribution >= 4 is 15.9 Å². The van der Waals surface area contributed by atoms with Gasteiger partial charge in [-0.05, 0) is 28.8 Å². The highest BCUT2D eigenvalue weighted by Gasteiger charge is 2.24. The summed E-state index contributed by atoms with van der Waals surface area (Å²) >= 11 is 3.35. The maximum Gasteiger partial charge on any atom is 0.0778 e. The molecule has 1 heterocycles. The van der Waals surface area contributed by atoms with Crippen molar-refractivity contribution in [3.05, 3.63) is 16.9 Å². The van der Waals surface area contributed by atoms with Crippen molar-refractivity contribution in [3.8, 4) is 0 Å². The van der Waals surface area contributed by atoms with E-state index in [0.29, 0.717) is 0 Å². The lowest BCUT2D eigenvalue weighted by atomic mass is 9.93. The Bertz CT molecular complexity index is 287. The van der Waals surface area contributed by atoms with Gasteiger partial charge in [-0.1, -0.05) is 12.8 Å². The summed E-state index contributed by atoms with van der Waals surface area (Å²) in [4.78, 5) is 0. The van der Waals surface area contributed by atoms with Crippen LogP contribution in [0.1, 0.15) is 31.7 Å². The van der Waals surface area contributed by atoms with E-state index in [4.69, 9.17) is 0 Å². The second-order valence-electron chi connectivity index (χ2n) is 3.56. The van der Waals surface area contributed by atoms with E-state index in [9.17, 15) is 5.11 Å². The molecular formula is C9H13BrN2O. The molecule has 4 heteroatoms. The largest absolute Gasteiger partial charge is 0.391 e. The summed E-state index contributed by atoms with van der Waals surface area (Å²) in [6.07, 6.45) is 7.75. The number of aliphatic hydroxyl groups excluding tert-OH is 1. The summed E-state index contributed by atoms with van der Waals surface area (Å²) in [5.74, 6) is 0. The number of aromatic nitrogens is 2. The fraction of sp³-hybridized carbons (Fsp3) is 0.667. The number of rotatable bonds is 1. The van der Waals surface area contributed by atoms with Crippen LogP contribution in [0.2, 0.25) is 0 Å². The summed E-state index contributed by atoms with van der Waals surface area (Å²) in [7, 11) is 0. The van der Waals surface area contributed by atoms with Crippen molar-refractivity contribution in [3.63, 3.8) is 0 Å². The zero-order valence-corrected chi connectivity index (χ0v) is 8.94. The van der Waals surface area contributed by atoms with Gasteiger partial charge < -0.3 is 5.11 Å². The Morgan fingerprint density at radius 2 is 2.23 bits per heavy atom. The molecule has 13 heavy (non-hydrogen) atoms. The highest BCUT2D eigenvalue weighted by molar-refractivity contribution is 9.10. The summed E-state index contributed by atoms with van der Waals surface area (Å²) in [6.45, 7) is 0. The van der Waals surface area contributed by atoms with Gasteiger partial charge in [0.15, 0.2) is 0 Å². The van der Waals surface area contributed by atoms with Gasteiger partial charge >= 0.3 is 0 Å². The topological polar surface area (TPSA) is 38.0 Å². The van der Waals surface area contributed by atoms with Crippen LogP contribution in [0.15, 0.2) is 16.9 Å². The van der Waals surface area contributed by atoms with Crippen LogP contribution in [-0.2, 0) is 0 Å². The van der Waals surface area contributed by atoms with Gasteiger partial charge in [-0.2, -0.15) is 5.10 Å². The van der Waals surface area contributed by atoms with Crippen LogP contribution in [0.3, 0.4) is 0 Å². The molecule has 1 aromatic rings. The number of halogens is 1. The number of nitrogens with zero attached hydrogens (tertiary/aromatic N) is 2. The molecule has 0 aliphatic heterocycles. The van der Waals surface area contributed by atoms with Crippen molar-refractivity contribution in [2.45, 2.75) is 37.8 Å². The minimum Gasteiger partial charge on any atom is -0.391 e. The third-order valence-corrected chi connectivity index (χ3v) is 3.01. The van der Waals surface area contributed by atoms with Gasteiger partial charge in [-0.3, -0.25) is 4.68 Å². The standard InChI is InChI=1S/C9H13BrN2O/c10-7-5-11-12(6-7)8-3-1-2-4-9(8)13/h5-6,8-9,13H,1-4H2/t8-,9+/m0/s1. The first-order chi connectivity index (χ1) is 6.27. The van der Waals surface area contributed by atoms with Crippen LogP contribution in [0.5, 0.6) is 0 Å². The maximum absolute atomic E-state index is 9.76. The van der Waals surface area contributed by atoms with Crippen LogP contribution in [0.25, 0.3) is 0 Å². The Balaban J connectivity index is 2.14. The third-order valence-electron chi connectivity index (χ3n) is 2.60. The molecule has 3 nitrogen and oxygen atoms in total. The summed E-state index contributed by atoms with van der Waals surface area (Å²) in [5.41, 5.74) is 0. The molecule has 1 aliphatic carbocycles. The van der Waals surface area contributed by atoms with Gasteiger partial charge in [0.05, 0.1) is 22.8 Å². The first kappa shape index (κ1) is 9.21. The smallest absolute Gasteiger partial charge is 0.0778 e. The molecule has 0 aromatic carbocycles. The summed E-state index contributed by atoms with van der Waals surface area (Å²) < 4.78 is 2.85. The SMILES string of the molecule is O[C@@H]1CCCC[C@@H]1n1cc(Br)cn1. The first-order valence-electron chi connectivity index (χ1n) is 4.65. The molecule has 0 amide bonds. The monoisotopic (exact) mass is 244 g/mol. The van der Waals surface area contributed by atoms with Crippen molar-refractivity contribution in [1.29, 1.82) is 0 Å². The molecule has 0 unspecified atom stereocenters. The zero-order chi connectivity index (χ0) is 9.26. The van der Waals surface area contributed by atoms with E-state index < -0.39 is 0 Å². The molecule has 2 rings (SSSR count). The van der Waals surface area contributed by atoms with E-state index in [1.54, 1.807) is 6.20 Å². The highest BCUT2D eigenvalue weighted by Crippen LogP contribution is 2.28. The first-order valence-corrected chi connectivity index (χ1v) is 5.44. The van der Waals surface area contributed by atoms with E-state index in [0.717, 1.165) is 23.7 Å². The van der Waals surface area contributed by atoms with Crippen LogP contribution in [-0.4, -0.2) is 21.0 Å². The quantitative estimate of drug-likeness (QED) is 0.822. The predicted molar refractivity (Wildman–Crippen MR) is 53.4 cm³/mol. The average molecular weight is 245 g/mol. The summed E-state index contributed by atoms with van der Waals surface area (Å²) in [6, 6.07) is 0.181. The Kier molecular flexibility index (Phi) is 2.69. The number of hydrogen-bond donors (Lipinski definition) is 1. The van der Waals surface area contributed by atoms with E-state index in [2.05, 4.69) is 21.0 Å². The van der Waals surface area contributed by atoms with Crippen molar-refractivity contribution in [2.75, 3.05) is 0 Å². The van der Waals surface area contributed by atoms with E-state index in [-0.39, 0.29) is 12.1 Å². The van der Waals surface area contributed by atoms with Crippen LogP contribution < -0.4 is 0 Å². The van der Waals surface area contributed by atoms with E-state index >= 15 is 0 Å². The highest BCUT2D eigenvalue weighted by atomic mass is 79.9. The lowest BCUT2D eigenvalue weighted by Crippen LogP contribution is -2.27. The number of hydrogen-bond acceptors (Lipinski definition) is 2. The fourth-order valence-electron chi connectivity index (χ4n) is 1.90. The van der Waals surface area contributed by atoms with Crippen LogP contribution >= 0.6 is 15.9 Å². The Hall–Kier alpha value is -0.350. The lowest BCUT2D eigenvalue weighted by molar-refractivity contribution is 0.0694. The van der Waals surface area contributed by atoms with Crippen molar-refractivity contribution in [1.82, 2.24) is 9.78 Å². The van der Waals surface area contributed by atoms with Gasteiger partial charge in [0, 0.05) is 6.20 Å². The van der Waals surface area contributed by atoms with Gasteiger partial charge in [0.1, 0.15) is 0 Å².